The van der Waals surface area contributed by atoms with E-state index in [0.29, 0.717) is 0 Å². The number of alkyl halides is 1. The molecular weight excluding hydrogens is 225 g/mol. The zero-order valence-corrected chi connectivity index (χ0v) is 10.8. The Morgan fingerprint density at radius 1 is 1.29 bits per heavy atom. The number of nitrogens with zero attached hydrogens (tertiary/aromatic N) is 1. The maximum Gasteiger partial charge on any atom is 0.217 e. The summed E-state index contributed by atoms with van der Waals surface area (Å²) in [4.78, 5) is 10.4. The average molecular weight is 246 g/mol. The predicted octanol–water partition coefficient (Wildman–Crippen LogP) is 1.36. The molecule has 2 atom stereocenters. The molecule has 0 saturated carbocycles. The Bertz CT molecular complexity index is 139. The summed E-state index contributed by atoms with van der Waals surface area (Å²) in [5.41, 5.74) is 0. The summed E-state index contributed by atoms with van der Waals surface area (Å²) in [7, 11) is -2.79. The molecule has 6 heteroatoms. The lowest BCUT2D eigenvalue weighted by molar-refractivity contribution is 0.259. The first kappa shape index (κ1) is 16.8. The van der Waals surface area contributed by atoms with Gasteiger partial charge in [-0.1, -0.05) is 20.8 Å². The van der Waals surface area contributed by atoms with Gasteiger partial charge in [0.2, 0.25) is 8.03 Å². The molecule has 0 bridgehead atoms. The molecule has 0 rings (SSSR count). The van der Waals surface area contributed by atoms with Crippen molar-refractivity contribution in [2.75, 3.05) is 25.5 Å². The molecule has 0 aliphatic heterocycles. The number of aliphatic hydroxyl groups is 1. The van der Waals surface area contributed by atoms with Gasteiger partial charge in [0, 0.05) is 0 Å². The minimum atomic E-state index is -2.79. The van der Waals surface area contributed by atoms with E-state index in [9.17, 15) is 4.57 Å². The Labute approximate surface area is 91.7 Å². The zero-order valence-electron chi connectivity index (χ0n) is 9.03. The summed E-state index contributed by atoms with van der Waals surface area (Å²) >= 11 is 4.96. The van der Waals surface area contributed by atoms with Gasteiger partial charge < -0.3 is 14.9 Å². The highest BCUT2D eigenvalue weighted by Crippen LogP contribution is 2.19. The van der Waals surface area contributed by atoms with Crippen molar-refractivity contribution in [3.8, 4) is 0 Å². The van der Waals surface area contributed by atoms with Gasteiger partial charge in [0.15, 0.2) is 0 Å². The molecule has 88 valence electrons. The van der Waals surface area contributed by atoms with Crippen molar-refractivity contribution in [1.29, 1.82) is 0 Å². The van der Waals surface area contributed by atoms with Crippen LogP contribution in [0.15, 0.2) is 0 Å². The Hall–Kier alpha value is 0.400. The summed E-state index contributed by atoms with van der Waals surface area (Å²) in [6.07, 6.45) is 0. The van der Waals surface area contributed by atoms with Crippen LogP contribution in [0.1, 0.15) is 20.8 Å². The smallest absolute Gasteiger partial charge is 0.217 e. The fourth-order valence-corrected chi connectivity index (χ4v) is 1.26. The van der Waals surface area contributed by atoms with E-state index in [1.165, 1.54) is 19.6 Å². The largest absolute Gasteiger partial charge is 0.382 e. The van der Waals surface area contributed by atoms with E-state index in [1.54, 1.807) is 0 Å². The molecule has 4 nitrogen and oxygen atoms in total. The van der Waals surface area contributed by atoms with Crippen LogP contribution in [-0.4, -0.2) is 46.3 Å². The molecule has 0 amide bonds. The molecule has 2 unspecified atom stereocenters. The van der Waals surface area contributed by atoms with Crippen molar-refractivity contribution in [3.05, 3.63) is 0 Å². The van der Waals surface area contributed by atoms with Gasteiger partial charge >= 0.3 is 0 Å². The molecule has 0 saturated heterocycles. The minimum Gasteiger partial charge on any atom is -0.382 e. The number of hydrogen-bond acceptors (Lipinski definition) is 3. The maximum atomic E-state index is 9.78. The van der Waals surface area contributed by atoms with Gasteiger partial charge in [0.05, 0.1) is 5.88 Å². The molecule has 0 aliphatic carbocycles. The quantitative estimate of drug-likeness (QED) is 0.567. The monoisotopic (exact) mass is 245 g/mol. The first-order chi connectivity index (χ1) is 6.53. The van der Waals surface area contributed by atoms with Gasteiger partial charge in [0.25, 0.3) is 0 Å². The van der Waals surface area contributed by atoms with Crippen LogP contribution in [0, 0.1) is 0 Å². The molecule has 0 spiro atoms. The first-order valence-electron chi connectivity index (χ1n) is 4.72. The SMILES string of the molecule is CCN(CC)CC.O=[PH](O)C(O)CCl. The lowest BCUT2D eigenvalue weighted by atomic mass is 10.5. The van der Waals surface area contributed by atoms with Gasteiger partial charge in [-0.15, -0.1) is 11.6 Å². The maximum absolute atomic E-state index is 9.78. The lowest BCUT2D eigenvalue weighted by Gasteiger charge is -2.13. The van der Waals surface area contributed by atoms with E-state index in [4.69, 9.17) is 21.6 Å². The number of hydrogen-bond donors (Lipinski definition) is 2. The van der Waals surface area contributed by atoms with Gasteiger partial charge in [-0.05, 0) is 19.6 Å². The molecule has 0 fully saturated rings. The van der Waals surface area contributed by atoms with E-state index in [0.717, 1.165) is 0 Å². The van der Waals surface area contributed by atoms with Crippen molar-refractivity contribution >= 4 is 19.6 Å². The Balaban J connectivity index is 0. The zero-order chi connectivity index (χ0) is 11.6. The van der Waals surface area contributed by atoms with Gasteiger partial charge in [-0.25, -0.2) is 0 Å². The highest BCUT2D eigenvalue weighted by Gasteiger charge is 2.05. The molecule has 0 aromatic heterocycles. The molecule has 14 heavy (non-hydrogen) atoms. The second kappa shape index (κ2) is 11.5. The molecule has 0 aliphatic rings. The number of aliphatic hydroxyl groups excluding tert-OH is 1. The summed E-state index contributed by atoms with van der Waals surface area (Å²) < 4.78 is 9.78. The average Bonchev–Trinajstić information content (AvgIpc) is 2.20. The fourth-order valence-electron chi connectivity index (χ4n) is 0.737. The van der Waals surface area contributed by atoms with Crippen LogP contribution < -0.4 is 0 Å². The summed E-state index contributed by atoms with van der Waals surface area (Å²) in [5.74, 6) is -1.40. The first-order valence-corrected chi connectivity index (χ1v) is 6.69. The Morgan fingerprint density at radius 2 is 1.64 bits per heavy atom. The van der Waals surface area contributed by atoms with Crippen molar-refractivity contribution in [2.24, 2.45) is 0 Å². The Morgan fingerprint density at radius 3 is 1.64 bits per heavy atom. The fraction of sp³-hybridized carbons (Fsp3) is 1.00. The molecule has 2 N–H and O–H groups in total. The minimum absolute atomic E-state index is 0.172. The van der Waals surface area contributed by atoms with E-state index in [1.807, 2.05) is 0 Å². The van der Waals surface area contributed by atoms with E-state index in [2.05, 4.69) is 25.7 Å². The van der Waals surface area contributed by atoms with Crippen LogP contribution in [0.3, 0.4) is 0 Å². The third kappa shape index (κ3) is 10.5. The van der Waals surface area contributed by atoms with Crippen LogP contribution in [0.2, 0.25) is 0 Å². The second-order valence-corrected chi connectivity index (χ2v) is 4.28. The summed E-state index contributed by atoms with van der Waals surface area (Å²) in [5, 5.41) is 8.29. The Kier molecular flexibility index (Phi) is 13.8. The van der Waals surface area contributed by atoms with Crippen molar-refractivity contribution in [2.45, 2.75) is 26.6 Å². The lowest BCUT2D eigenvalue weighted by Crippen LogP contribution is -2.21. The van der Waals surface area contributed by atoms with Crippen molar-refractivity contribution < 1.29 is 14.6 Å². The van der Waals surface area contributed by atoms with E-state index in [-0.39, 0.29) is 5.88 Å². The standard InChI is InChI=1S/C6H15N.C2H6ClO3P/c1-4-7(5-2)6-3;3-1-2(4)7(5)6/h4-6H2,1-3H3;2,4,7H,1H2,(H,5,6). The molecule has 0 aromatic carbocycles. The van der Waals surface area contributed by atoms with Crippen molar-refractivity contribution in [3.63, 3.8) is 0 Å². The highest BCUT2D eigenvalue weighted by atomic mass is 35.5. The van der Waals surface area contributed by atoms with Crippen LogP contribution in [0.5, 0.6) is 0 Å². The molecular formula is C8H21ClNO3P. The molecule has 0 heterocycles. The van der Waals surface area contributed by atoms with E-state index < -0.39 is 13.9 Å². The van der Waals surface area contributed by atoms with Crippen LogP contribution in [-0.2, 0) is 4.57 Å². The molecule has 0 aromatic rings. The summed E-state index contributed by atoms with van der Waals surface area (Å²) in [6.45, 7) is 10.1. The van der Waals surface area contributed by atoms with Crippen LogP contribution in [0.25, 0.3) is 0 Å². The topological polar surface area (TPSA) is 60.8 Å². The van der Waals surface area contributed by atoms with Gasteiger partial charge in [-0.3, -0.25) is 4.57 Å². The molecule has 0 radical (unpaired) electrons. The highest BCUT2D eigenvalue weighted by molar-refractivity contribution is 7.38. The summed E-state index contributed by atoms with van der Waals surface area (Å²) in [6, 6.07) is 0. The predicted molar refractivity (Wildman–Crippen MR) is 61.4 cm³/mol. The number of rotatable bonds is 5. The second-order valence-electron chi connectivity index (χ2n) is 2.63. The third-order valence-corrected chi connectivity index (χ3v) is 3.10. The van der Waals surface area contributed by atoms with Gasteiger partial charge in [-0.2, -0.15) is 0 Å². The number of halogens is 1. The normalized spacial score (nSPS) is 14.5. The van der Waals surface area contributed by atoms with E-state index >= 15 is 0 Å². The third-order valence-electron chi connectivity index (χ3n) is 1.77. The van der Waals surface area contributed by atoms with Crippen LogP contribution >= 0.6 is 19.6 Å². The van der Waals surface area contributed by atoms with Crippen LogP contribution in [0.4, 0.5) is 0 Å². The van der Waals surface area contributed by atoms with Crippen molar-refractivity contribution in [1.82, 2.24) is 4.90 Å². The van der Waals surface area contributed by atoms with Gasteiger partial charge in [0.1, 0.15) is 5.85 Å².